The summed E-state index contributed by atoms with van der Waals surface area (Å²) in [6, 6.07) is 23.7. The van der Waals surface area contributed by atoms with Gasteiger partial charge in [0, 0.05) is 11.1 Å². The van der Waals surface area contributed by atoms with Crippen molar-refractivity contribution < 1.29 is 10.2 Å². The first kappa shape index (κ1) is 15.5. The molecule has 2 N–H and O–H groups in total. The van der Waals surface area contributed by atoms with Crippen molar-refractivity contribution in [3.63, 3.8) is 0 Å². The quantitative estimate of drug-likeness (QED) is 0.513. The normalized spacial score (nSPS) is 11.2. The molecular weight excluding hydrogens is 308 g/mol. The van der Waals surface area contributed by atoms with Crippen LogP contribution in [0.2, 0.25) is 0 Å². The molecule has 0 saturated heterocycles. The predicted molar refractivity (Wildman–Crippen MR) is 103 cm³/mol. The molecule has 0 radical (unpaired) electrons. The van der Waals surface area contributed by atoms with Gasteiger partial charge in [0.15, 0.2) is 0 Å². The molecule has 124 valence electrons. The summed E-state index contributed by atoms with van der Waals surface area (Å²) < 4.78 is 0. The van der Waals surface area contributed by atoms with E-state index in [1.165, 1.54) is 0 Å². The molecule has 0 saturated carbocycles. The number of aryl methyl sites for hydroxylation is 2. The van der Waals surface area contributed by atoms with Crippen LogP contribution < -0.4 is 0 Å². The molecule has 0 unspecified atom stereocenters. The van der Waals surface area contributed by atoms with Crippen LogP contribution in [0.3, 0.4) is 0 Å². The number of hydrogen-bond acceptors (Lipinski definition) is 2. The third-order valence-electron chi connectivity index (χ3n) is 4.89. The van der Waals surface area contributed by atoms with Gasteiger partial charge in [0.1, 0.15) is 11.5 Å². The highest BCUT2D eigenvalue weighted by Gasteiger charge is 2.10. The van der Waals surface area contributed by atoms with Gasteiger partial charge < -0.3 is 10.2 Å². The largest absolute Gasteiger partial charge is 0.508 e. The second kappa shape index (κ2) is 6.48. The van der Waals surface area contributed by atoms with Crippen molar-refractivity contribution in [3.8, 4) is 11.5 Å². The topological polar surface area (TPSA) is 40.5 Å². The van der Waals surface area contributed by atoms with Crippen molar-refractivity contribution in [2.24, 2.45) is 0 Å². The van der Waals surface area contributed by atoms with E-state index in [1.807, 2.05) is 36.4 Å². The Labute approximate surface area is 147 Å². The van der Waals surface area contributed by atoms with Gasteiger partial charge in [0.2, 0.25) is 0 Å². The molecule has 0 amide bonds. The number of rotatable bonds is 4. The molecule has 0 aliphatic heterocycles. The van der Waals surface area contributed by atoms with Crippen LogP contribution in [0.15, 0.2) is 72.8 Å². The van der Waals surface area contributed by atoms with Crippen LogP contribution in [0.4, 0.5) is 0 Å². The fraction of sp³-hybridized carbons (Fsp3) is 0.130. The Morgan fingerprint density at radius 3 is 1.44 bits per heavy atom. The lowest BCUT2D eigenvalue weighted by atomic mass is 9.95. The molecule has 0 aliphatic carbocycles. The fourth-order valence-corrected chi connectivity index (χ4v) is 3.62. The summed E-state index contributed by atoms with van der Waals surface area (Å²) in [5.74, 6) is 0.696. The maximum Gasteiger partial charge on any atom is 0.119 e. The molecule has 2 heteroatoms. The van der Waals surface area contributed by atoms with Crippen LogP contribution in [-0.2, 0) is 12.8 Å². The van der Waals surface area contributed by atoms with Crippen LogP contribution in [0.5, 0.6) is 11.5 Å². The van der Waals surface area contributed by atoms with E-state index in [0.29, 0.717) is 11.5 Å². The summed E-state index contributed by atoms with van der Waals surface area (Å²) in [5, 5.41) is 25.1. The van der Waals surface area contributed by atoms with Gasteiger partial charge in [-0.2, -0.15) is 0 Å². The van der Waals surface area contributed by atoms with Crippen LogP contribution in [-0.4, -0.2) is 10.2 Å². The van der Waals surface area contributed by atoms with Crippen LogP contribution in [0.1, 0.15) is 17.5 Å². The van der Waals surface area contributed by atoms with Gasteiger partial charge in [-0.3, -0.25) is 0 Å². The Balaban J connectivity index is 1.62. The highest BCUT2D eigenvalue weighted by atomic mass is 16.3. The van der Waals surface area contributed by atoms with E-state index >= 15 is 0 Å². The highest BCUT2D eigenvalue weighted by Crippen LogP contribution is 2.31. The average Bonchev–Trinajstić information content (AvgIpc) is 2.65. The van der Waals surface area contributed by atoms with E-state index in [4.69, 9.17) is 0 Å². The van der Waals surface area contributed by atoms with Crippen molar-refractivity contribution in [2.45, 2.75) is 19.3 Å². The lowest BCUT2D eigenvalue weighted by molar-refractivity contribution is 0.465. The first-order valence-electron chi connectivity index (χ1n) is 8.63. The zero-order chi connectivity index (χ0) is 17.2. The Hall–Kier alpha value is -3.00. The number of aromatic hydroxyl groups is 2. The monoisotopic (exact) mass is 328 g/mol. The molecule has 2 nitrogen and oxygen atoms in total. The van der Waals surface area contributed by atoms with Crippen molar-refractivity contribution in [2.75, 3.05) is 0 Å². The maximum atomic E-state index is 10.3. The third-order valence-corrected chi connectivity index (χ3v) is 4.89. The Kier molecular flexibility index (Phi) is 4.02. The van der Waals surface area contributed by atoms with E-state index in [9.17, 15) is 10.2 Å². The maximum absolute atomic E-state index is 10.3. The zero-order valence-electron chi connectivity index (χ0n) is 13.9. The summed E-state index contributed by atoms with van der Waals surface area (Å²) in [5.41, 5.74) is 1.97. The first-order valence-corrected chi connectivity index (χ1v) is 8.63. The minimum Gasteiger partial charge on any atom is -0.508 e. The van der Waals surface area contributed by atoms with E-state index in [1.54, 1.807) is 12.1 Å². The van der Waals surface area contributed by atoms with Crippen molar-refractivity contribution in [1.29, 1.82) is 0 Å². The first-order chi connectivity index (χ1) is 12.2. The number of phenolic OH excluding ortho intramolecular Hbond substituents is 2. The van der Waals surface area contributed by atoms with E-state index in [-0.39, 0.29) is 0 Å². The molecule has 0 aromatic heterocycles. The molecule has 25 heavy (non-hydrogen) atoms. The van der Waals surface area contributed by atoms with E-state index < -0.39 is 0 Å². The molecule has 0 heterocycles. The SMILES string of the molecule is Oc1ccc2ccccc2c1CCCc1c(O)ccc2ccccc12. The van der Waals surface area contributed by atoms with E-state index in [0.717, 1.165) is 51.9 Å². The summed E-state index contributed by atoms with van der Waals surface area (Å²) in [7, 11) is 0. The molecule has 4 aromatic rings. The second-order valence-electron chi connectivity index (χ2n) is 6.42. The standard InChI is InChI=1S/C23H20O2/c24-22-14-12-16-6-1-3-8-18(16)20(22)10-5-11-21-19-9-4-2-7-17(19)13-15-23(21)25/h1-4,6-9,12-15,24-25H,5,10-11H2. The zero-order valence-corrected chi connectivity index (χ0v) is 13.9. The number of hydrogen-bond donors (Lipinski definition) is 2. The summed E-state index contributed by atoms with van der Waals surface area (Å²) >= 11 is 0. The number of fused-ring (bicyclic) bond motifs is 2. The van der Waals surface area contributed by atoms with Crippen LogP contribution >= 0.6 is 0 Å². The van der Waals surface area contributed by atoms with Gasteiger partial charge in [0.25, 0.3) is 0 Å². The second-order valence-corrected chi connectivity index (χ2v) is 6.42. The fourth-order valence-electron chi connectivity index (χ4n) is 3.62. The van der Waals surface area contributed by atoms with Crippen molar-refractivity contribution >= 4 is 21.5 Å². The third kappa shape index (κ3) is 2.91. The summed E-state index contributed by atoms with van der Waals surface area (Å²) in [6.45, 7) is 0. The van der Waals surface area contributed by atoms with Gasteiger partial charge in [-0.1, -0.05) is 60.7 Å². The van der Waals surface area contributed by atoms with Crippen LogP contribution in [0, 0.1) is 0 Å². The molecular formula is C23H20O2. The minimum atomic E-state index is 0.348. The lowest BCUT2D eigenvalue weighted by Crippen LogP contribution is -1.94. The lowest BCUT2D eigenvalue weighted by Gasteiger charge is -2.11. The molecule has 0 fully saturated rings. The summed E-state index contributed by atoms with van der Waals surface area (Å²) in [4.78, 5) is 0. The van der Waals surface area contributed by atoms with Crippen molar-refractivity contribution in [3.05, 3.63) is 83.9 Å². The Bertz CT molecular complexity index is 965. The Morgan fingerprint density at radius 1 is 0.520 bits per heavy atom. The predicted octanol–water partition coefficient (Wildman–Crippen LogP) is 5.58. The van der Waals surface area contributed by atoms with Gasteiger partial charge in [0.05, 0.1) is 0 Å². The molecule has 0 bridgehead atoms. The minimum absolute atomic E-state index is 0.348. The average molecular weight is 328 g/mol. The highest BCUT2D eigenvalue weighted by molar-refractivity contribution is 5.88. The summed E-state index contributed by atoms with van der Waals surface area (Å²) in [6.07, 6.45) is 2.41. The molecule has 0 aliphatic rings. The van der Waals surface area contributed by atoms with Gasteiger partial charge in [-0.25, -0.2) is 0 Å². The van der Waals surface area contributed by atoms with Gasteiger partial charge in [-0.15, -0.1) is 0 Å². The molecule has 4 rings (SSSR count). The smallest absolute Gasteiger partial charge is 0.119 e. The Morgan fingerprint density at radius 2 is 0.960 bits per heavy atom. The number of phenols is 2. The van der Waals surface area contributed by atoms with Gasteiger partial charge in [-0.05, 0) is 52.9 Å². The molecule has 0 atom stereocenters. The van der Waals surface area contributed by atoms with Crippen molar-refractivity contribution in [1.82, 2.24) is 0 Å². The number of benzene rings is 4. The molecule has 0 spiro atoms. The van der Waals surface area contributed by atoms with Gasteiger partial charge >= 0.3 is 0 Å². The molecule has 4 aromatic carbocycles. The van der Waals surface area contributed by atoms with Crippen LogP contribution in [0.25, 0.3) is 21.5 Å². The van der Waals surface area contributed by atoms with E-state index in [2.05, 4.69) is 24.3 Å².